The number of methoxy groups -OCH3 is 1. The molecule has 3 rings (SSSR count). The second-order valence-electron chi connectivity index (χ2n) is 6.88. The van der Waals surface area contributed by atoms with Crippen LogP contribution >= 0.6 is 11.6 Å². The molecule has 1 amide bonds. The summed E-state index contributed by atoms with van der Waals surface area (Å²) in [5.41, 5.74) is 1.55. The molecule has 1 aliphatic heterocycles. The number of amides is 1. The molecule has 0 radical (unpaired) electrons. The number of anilines is 1. The third-order valence-corrected chi connectivity index (χ3v) is 6.97. The first-order valence-corrected chi connectivity index (χ1v) is 10.8. The first-order valence-electron chi connectivity index (χ1n) is 8.99. The molecule has 2 heterocycles. The van der Waals surface area contributed by atoms with Crippen molar-refractivity contribution in [2.24, 2.45) is 7.05 Å². The van der Waals surface area contributed by atoms with E-state index in [0.717, 1.165) is 12.8 Å². The van der Waals surface area contributed by atoms with Crippen molar-refractivity contribution in [1.82, 2.24) is 9.47 Å². The first-order chi connectivity index (χ1) is 13.2. The Balaban J connectivity index is 2.11. The second-order valence-corrected chi connectivity index (χ2v) is 8.94. The maximum atomic E-state index is 13.3. The molecule has 1 fully saturated rings. The standard InChI is InChI=1S/C19H24ClN3O4S/c1-12-17(19(24)23-9-5-6-10-23)18(13(2)22(12)3)28(25,26)21-15-11-14(20)7-8-16(15)27-4/h7-8,11,21H,5-6,9-10H2,1-4H3. The number of nitrogens with one attached hydrogen (secondary N) is 1. The lowest BCUT2D eigenvalue weighted by molar-refractivity contribution is 0.0788. The van der Waals surface area contributed by atoms with Crippen LogP contribution in [0.4, 0.5) is 5.69 Å². The number of sulfonamides is 1. The number of halogens is 1. The molecule has 0 unspecified atom stereocenters. The lowest BCUT2D eigenvalue weighted by Gasteiger charge is -2.17. The number of benzene rings is 1. The SMILES string of the molecule is COc1ccc(Cl)cc1NS(=O)(=O)c1c(C(=O)N2CCCC2)c(C)n(C)c1C. The highest BCUT2D eigenvalue weighted by Crippen LogP contribution is 2.33. The van der Waals surface area contributed by atoms with E-state index in [0.29, 0.717) is 35.2 Å². The Labute approximate surface area is 170 Å². The van der Waals surface area contributed by atoms with Gasteiger partial charge >= 0.3 is 0 Å². The summed E-state index contributed by atoms with van der Waals surface area (Å²) in [6.45, 7) is 4.73. The fraction of sp³-hybridized carbons (Fsp3) is 0.421. The highest BCUT2D eigenvalue weighted by Gasteiger charge is 2.34. The van der Waals surface area contributed by atoms with Crippen molar-refractivity contribution in [3.8, 4) is 5.75 Å². The Kier molecular flexibility index (Phi) is 5.63. The first kappa shape index (κ1) is 20.5. The van der Waals surface area contributed by atoms with Crippen LogP contribution in [0, 0.1) is 13.8 Å². The van der Waals surface area contributed by atoms with E-state index in [4.69, 9.17) is 16.3 Å². The quantitative estimate of drug-likeness (QED) is 0.796. The molecule has 1 aromatic carbocycles. The van der Waals surface area contributed by atoms with Gasteiger partial charge < -0.3 is 14.2 Å². The van der Waals surface area contributed by atoms with Crippen LogP contribution in [-0.2, 0) is 17.1 Å². The lowest BCUT2D eigenvalue weighted by Crippen LogP contribution is -2.30. The number of hydrogen-bond donors (Lipinski definition) is 1. The average Bonchev–Trinajstić information content (AvgIpc) is 3.25. The molecular formula is C19H24ClN3O4S. The third kappa shape index (κ3) is 3.58. The summed E-state index contributed by atoms with van der Waals surface area (Å²) in [6, 6.07) is 4.67. The largest absolute Gasteiger partial charge is 0.495 e. The van der Waals surface area contributed by atoms with Gasteiger partial charge in [-0.05, 0) is 44.9 Å². The van der Waals surface area contributed by atoms with Crippen molar-refractivity contribution in [1.29, 1.82) is 0 Å². The van der Waals surface area contributed by atoms with Gasteiger partial charge in [0, 0.05) is 36.5 Å². The van der Waals surface area contributed by atoms with E-state index in [2.05, 4.69) is 4.72 Å². The minimum atomic E-state index is -4.06. The number of carbonyl (C=O) groups is 1. The summed E-state index contributed by atoms with van der Waals surface area (Å²) < 4.78 is 36.1. The van der Waals surface area contributed by atoms with Gasteiger partial charge in [0.1, 0.15) is 10.6 Å². The van der Waals surface area contributed by atoms with Gasteiger partial charge in [-0.2, -0.15) is 0 Å². The number of rotatable bonds is 5. The molecule has 0 spiro atoms. The van der Waals surface area contributed by atoms with Crippen LogP contribution in [0.3, 0.4) is 0 Å². The van der Waals surface area contributed by atoms with E-state index in [1.54, 1.807) is 42.5 Å². The Morgan fingerprint density at radius 2 is 1.82 bits per heavy atom. The van der Waals surface area contributed by atoms with Crippen LogP contribution in [0.1, 0.15) is 34.6 Å². The molecule has 1 saturated heterocycles. The smallest absolute Gasteiger partial charge is 0.264 e. The second kappa shape index (κ2) is 7.67. The lowest BCUT2D eigenvalue weighted by atomic mass is 10.2. The molecule has 1 N–H and O–H groups in total. The summed E-state index contributed by atoms with van der Waals surface area (Å²) in [6.07, 6.45) is 1.85. The number of hydrogen-bond acceptors (Lipinski definition) is 4. The topological polar surface area (TPSA) is 80.6 Å². The molecular weight excluding hydrogens is 402 g/mol. The van der Waals surface area contributed by atoms with Crippen molar-refractivity contribution >= 4 is 33.2 Å². The van der Waals surface area contributed by atoms with Crippen LogP contribution < -0.4 is 9.46 Å². The zero-order valence-electron chi connectivity index (χ0n) is 16.4. The minimum absolute atomic E-state index is 0.00794. The van der Waals surface area contributed by atoms with Crippen molar-refractivity contribution in [3.05, 3.63) is 40.2 Å². The molecule has 1 aromatic heterocycles. The molecule has 2 aromatic rings. The van der Waals surface area contributed by atoms with Crippen LogP contribution in [-0.4, -0.2) is 44.0 Å². The molecule has 0 bridgehead atoms. The van der Waals surface area contributed by atoms with Crippen LogP contribution in [0.15, 0.2) is 23.1 Å². The number of carbonyl (C=O) groups excluding carboxylic acids is 1. The van der Waals surface area contributed by atoms with Crippen LogP contribution in [0.25, 0.3) is 0 Å². The predicted octanol–water partition coefficient (Wildman–Crippen LogP) is 3.34. The normalized spacial score (nSPS) is 14.4. The van der Waals surface area contributed by atoms with Gasteiger partial charge in [-0.1, -0.05) is 11.6 Å². The van der Waals surface area contributed by atoms with E-state index in [1.165, 1.54) is 13.2 Å². The maximum Gasteiger partial charge on any atom is 0.264 e. The highest BCUT2D eigenvalue weighted by atomic mass is 35.5. The molecule has 1 aliphatic rings. The zero-order valence-corrected chi connectivity index (χ0v) is 17.9. The molecule has 9 heteroatoms. The number of likely N-dealkylation sites (tertiary alicyclic amines) is 1. The summed E-state index contributed by atoms with van der Waals surface area (Å²) in [5.74, 6) is 0.0860. The summed E-state index contributed by atoms with van der Waals surface area (Å²) in [7, 11) is -0.857. The number of aromatic nitrogens is 1. The number of ether oxygens (including phenoxy) is 1. The molecule has 7 nitrogen and oxygen atoms in total. The van der Waals surface area contributed by atoms with Gasteiger partial charge in [0.25, 0.3) is 15.9 Å². The predicted molar refractivity (Wildman–Crippen MR) is 109 cm³/mol. The Bertz CT molecular complexity index is 1020. The summed E-state index contributed by atoms with van der Waals surface area (Å²) >= 11 is 6.02. The van der Waals surface area contributed by atoms with Gasteiger partial charge in [0.15, 0.2) is 0 Å². The highest BCUT2D eigenvalue weighted by molar-refractivity contribution is 7.92. The van der Waals surface area contributed by atoms with E-state index in [1.807, 2.05) is 0 Å². The van der Waals surface area contributed by atoms with E-state index in [-0.39, 0.29) is 22.1 Å². The van der Waals surface area contributed by atoms with E-state index in [9.17, 15) is 13.2 Å². The van der Waals surface area contributed by atoms with Crippen molar-refractivity contribution < 1.29 is 17.9 Å². The number of nitrogens with zero attached hydrogens (tertiary/aromatic N) is 2. The van der Waals surface area contributed by atoms with Crippen molar-refractivity contribution in [3.63, 3.8) is 0 Å². The molecule has 28 heavy (non-hydrogen) atoms. The Hall–Kier alpha value is -2.19. The van der Waals surface area contributed by atoms with Gasteiger partial charge in [0.05, 0.1) is 18.4 Å². The average molecular weight is 426 g/mol. The fourth-order valence-corrected chi connectivity index (χ4v) is 5.28. The summed E-state index contributed by atoms with van der Waals surface area (Å²) in [5, 5.41) is 0.368. The van der Waals surface area contributed by atoms with Crippen molar-refractivity contribution in [2.45, 2.75) is 31.6 Å². The fourth-order valence-electron chi connectivity index (χ4n) is 3.53. The molecule has 152 valence electrons. The maximum absolute atomic E-state index is 13.3. The van der Waals surface area contributed by atoms with Gasteiger partial charge in [-0.3, -0.25) is 9.52 Å². The monoisotopic (exact) mass is 425 g/mol. The Morgan fingerprint density at radius 3 is 2.43 bits per heavy atom. The molecule has 0 aliphatic carbocycles. The summed E-state index contributed by atoms with van der Waals surface area (Å²) in [4.78, 5) is 14.8. The molecule has 0 saturated carbocycles. The van der Waals surface area contributed by atoms with Gasteiger partial charge in [-0.25, -0.2) is 8.42 Å². The molecule has 0 atom stereocenters. The van der Waals surface area contributed by atoms with Crippen LogP contribution in [0.5, 0.6) is 5.75 Å². The minimum Gasteiger partial charge on any atom is -0.495 e. The van der Waals surface area contributed by atoms with Crippen LogP contribution in [0.2, 0.25) is 5.02 Å². The van der Waals surface area contributed by atoms with Crippen molar-refractivity contribution in [2.75, 3.05) is 24.9 Å². The third-order valence-electron chi connectivity index (χ3n) is 5.21. The Morgan fingerprint density at radius 1 is 1.18 bits per heavy atom. The van der Waals surface area contributed by atoms with E-state index < -0.39 is 10.0 Å². The van der Waals surface area contributed by atoms with Gasteiger partial charge in [-0.15, -0.1) is 0 Å². The van der Waals surface area contributed by atoms with Gasteiger partial charge in [0.2, 0.25) is 0 Å². The zero-order chi connectivity index (χ0) is 20.6. The van der Waals surface area contributed by atoms with E-state index >= 15 is 0 Å².